The van der Waals surface area contributed by atoms with Gasteiger partial charge in [0.2, 0.25) is 0 Å². The van der Waals surface area contributed by atoms with Crippen molar-refractivity contribution in [2.45, 2.75) is 6.92 Å². The predicted octanol–water partition coefficient (Wildman–Crippen LogP) is 1.84. The average Bonchev–Trinajstić information content (AvgIpc) is 2.70. The molecule has 0 saturated carbocycles. The zero-order chi connectivity index (χ0) is 14.2. The number of hydrogen-bond donors (Lipinski definition) is 1. The van der Waals surface area contributed by atoms with Gasteiger partial charge in [0.15, 0.2) is 5.69 Å². The summed E-state index contributed by atoms with van der Waals surface area (Å²) in [4.78, 5) is 20.9. The lowest BCUT2D eigenvalue weighted by molar-refractivity contribution is -0.384. The summed E-state index contributed by atoms with van der Waals surface area (Å²) in [6.07, 6.45) is 0. The van der Waals surface area contributed by atoms with E-state index in [0.29, 0.717) is 11.4 Å². The number of aromatic carboxylic acids is 1. The number of aromatic nitrogens is 3. The van der Waals surface area contributed by atoms with E-state index in [9.17, 15) is 14.9 Å². The molecule has 98 valence electrons. The highest BCUT2D eigenvalue weighted by Crippen LogP contribution is 2.26. The molecular weight excluding hydrogens is 276 g/mol. The Morgan fingerprint density at radius 3 is 2.68 bits per heavy atom. The molecule has 1 aromatic carbocycles. The van der Waals surface area contributed by atoms with Crippen molar-refractivity contribution in [1.82, 2.24) is 15.0 Å². The maximum atomic E-state index is 10.8. The van der Waals surface area contributed by atoms with Crippen LogP contribution in [0.4, 0.5) is 5.69 Å². The van der Waals surface area contributed by atoms with Crippen LogP contribution >= 0.6 is 11.6 Å². The Kier molecular flexibility index (Phi) is 3.17. The minimum atomic E-state index is -1.20. The molecule has 2 aromatic rings. The van der Waals surface area contributed by atoms with Crippen LogP contribution in [0.5, 0.6) is 0 Å². The number of nitro benzene ring substituents is 1. The second-order valence-electron chi connectivity index (χ2n) is 3.63. The monoisotopic (exact) mass is 282 g/mol. The summed E-state index contributed by atoms with van der Waals surface area (Å²) in [7, 11) is 0. The van der Waals surface area contributed by atoms with Crippen LogP contribution in [0.1, 0.15) is 16.2 Å². The van der Waals surface area contributed by atoms with Crippen molar-refractivity contribution >= 4 is 23.3 Å². The molecule has 0 unspecified atom stereocenters. The van der Waals surface area contributed by atoms with Crippen molar-refractivity contribution in [1.29, 1.82) is 0 Å². The fourth-order valence-electron chi connectivity index (χ4n) is 1.55. The van der Waals surface area contributed by atoms with E-state index in [1.165, 1.54) is 29.8 Å². The largest absolute Gasteiger partial charge is 0.476 e. The van der Waals surface area contributed by atoms with Crippen LogP contribution in [0, 0.1) is 17.0 Å². The Labute approximate surface area is 111 Å². The number of rotatable bonds is 3. The van der Waals surface area contributed by atoms with Gasteiger partial charge in [0.05, 0.1) is 16.3 Å². The summed E-state index contributed by atoms with van der Waals surface area (Å²) < 4.78 is 1.25. The van der Waals surface area contributed by atoms with Crippen molar-refractivity contribution in [3.05, 3.63) is 44.7 Å². The molecule has 0 aliphatic heterocycles. The van der Waals surface area contributed by atoms with Crippen molar-refractivity contribution in [3.8, 4) is 5.69 Å². The van der Waals surface area contributed by atoms with E-state index >= 15 is 0 Å². The van der Waals surface area contributed by atoms with Gasteiger partial charge in [-0.05, 0) is 19.1 Å². The van der Waals surface area contributed by atoms with Crippen molar-refractivity contribution < 1.29 is 14.8 Å². The van der Waals surface area contributed by atoms with Crippen LogP contribution in [-0.2, 0) is 0 Å². The molecule has 8 nitrogen and oxygen atoms in total. The van der Waals surface area contributed by atoms with Gasteiger partial charge < -0.3 is 5.11 Å². The number of carboxylic acids is 1. The first kappa shape index (κ1) is 13.0. The van der Waals surface area contributed by atoms with Gasteiger partial charge in [0.1, 0.15) is 5.02 Å². The van der Waals surface area contributed by atoms with Crippen LogP contribution in [0.3, 0.4) is 0 Å². The van der Waals surface area contributed by atoms with E-state index in [1.807, 2.05) is 0 Å². The predicted molar refractivity (Wildman–Crippen MR) is 64.7 cm³/mol. The van der Waals surface area contributed by atoms with Gasteiger partial charge in [-0.1, -0.05) is 16.8 Å². The van der Waals surface area contributed by atoms with Crippen molar-refractivity contribution in [3.63, 3.8) is 0 Å². The number of carbonyl (C=O) groups is 1. The first-order chi connectivity index (χ1) is 8.91. The maximum absolute atomic E-state index is 10.8. The minimum Gasteiger partial charge on any atom is -0.476 e. The molecule has 1 heterocycles. The Morgan fingerprint density at radius 1 is 1.53 bits per heavy atom. The summed E-state index contributed by atoms with van der Waals surface area (Å²) in [5.41, 5.74) is 0.279. The summed E-state index contributed by atoms with van der Waals surface area (Å²) in [5.74, 6) is -1.20. The molecular formula is C10H7ClN4O4. The molecule has 0 fully saturated rings. The minimum absolute atomic E-state index is 0.0609. The molecule has 0 aliphatic carbocycles. The van der Waals surface area contributed by atoms with Gasteiger partial charge in [-0.2, -0.15) is 0 Å². The number of nitro groups is 1. The van der Waals surface area contributed by atoms with E-state index in [2.05, 4.69) is 10.3 Å². The second kappa shape index (κ2) is 4.65. The molecule has 0 spiro atoms. The fourth-order valence-corrected chi connectivity index (χ4v) is 1.79. The smallest absolute Gasteiger partial charge is 0.358 e. The highest BCUT2D eigenvalue weighted by molar-refractivity contribution is 6.32. The van der Waals surface area contributed by atoms with E-state index in [1.54, 1.807) is 0 Å². The molecule has 2 rings (SSSR count). The lowest BCUT2D eigenvalue weighted by Crippen LogP contribution is -2.03. The summed E-state index contributed by atoms with van der Waals surface area (Å²) in [6, 6.07) is 3.96. The van der Waals surface area contributed by atoms with Crippen LogP contribution in [0.15, 0.2) is 18.2 Å². The summed E-state index contributed by atoms with van der Waals surface area (Å²) in [5, 5.41) is 26.6. The van der Waals surface area contributed by atoms with Gasteiger partial charge in [0.25, 0.3) is 5.69 Å². The van der Waals surface area contributed by atoms with Crippen LogP contribution in [-0.4, -0.2) is 31.0 Å². The van der Waals surface area contributed by atoms with Gasteiger partial charge in [-0.25, -0.2) is 9.48 Å². The van der Waals surface area contributed by atoms with Crippen LogP contribution in [0.25, 0.3) is 5.69 Å². The van der Waals surface area contributed by atoms with Gasteiger partial charge in [-0.15, -0.1) is 5.10 Å². The fraction of sp³-hybridized carbons (Fsp3) is 0.100. The summed E-state index contributed by atoms with van der Waals surface area (Å²) in [6.45, 7) is 1.53. The average molecular weight is 283 g/mol. The SMILES string of the molecule is Cc1c(C(=O)O)nnn1-c1ccc([N+](=O)[O-])c(Cl)c1. The highest BCUT2D eigenvalue weighted by atomic mass is 35.5. The third kappa shape index (κ3) is 2.25. The number of carboxylic acid groups (broad SMARTS) is 1. The van der Waals surface area contributed by atoms with E-state index in [-0.39, 0.29) is 16.4 Å². The molecule has 0 saturated heterocycles. The Balaban J connectivity index is 2.51. The van der Waals surface area contributed by atoms with Crippen molar-refractivity contribution in [2.24, 2.45) is 0 Å². The molecule has 0 bridgehead atoms. The Hall–Kier alpha value is -2.48. The van der Waals surface area contributed by atoms with Crippen LogP contribution in [0.2, 0.25) is 5.02 Å². The number of halogens is 1. The van der Waals surface area contributed by atoms with E-state index < -0.39 is 10.9 Å². The Morgan fingerprint density at radius 2 is 2.21 bits per heavy atom. The van der Waals surface area contributed by atoms with Gasteiger partial charge >= 0.3 is 5.97 Å². The first-order valence-corrected chi connectivity index (χ1v) is 5.39. The van der Waals surface area contributed by atoms with Crippen LogP contribution < -0.4 is 0 Å². The second-order valence-corrected chi connectivity index (χ2v) is 4.04. The molecule has 19 heavy (non-hydrogen) atoms. The third-order valence-electron chi connectivity index (χ3n) is 2.47. The number of hydrogen-bond acceptors (Lipinski definition) is 5. The molecule has 0 atom stereocenters. The number of benzene rings is 1. The maximum Gasteiger partial charge on any atom is 0.358 e. The third-order valence-corrected chi connectivity index (χ3v) is 2.77. The highest BCUT2D eigenvalue weighted by Gasteiger charge is 2.18. The molecule has 1 aromatic heterocycles. The lowest BCUT2D eigenvalue weighted by Gasteiger charge is -2.03. The van der Waals surface area contributed by atoms with E-state index in [0.717, 1.165) is 0 Å². The van der Waals surface area contributed by atoms with Gasteiger partial charge in [0, 0.05) is 6.07 Å². The first-order valence-electron chi connectivity index (χ1n) is 5.01. The van der Waals surface area contributed by atoms with Gasteiger partial charge in [-0.3, -0.25) is 10.1 Å². The molecule has 0 radical (unpaired) electrons. The quantitative estimate of drug-likeness (QED) is 0.679. The molecule has 1 N–H and O–H groups in total. The van der Waals surface area contributed by atoms with E-state index in [4.69, 9.17) is 16.7 Å². The molecule has 9 heteroatoms. The molecule has 0 aliphatic rings. The topological polar surface area (TPSA) is 111 Å². The molecule has 0 amide bonds. The zero-order valence-corrected chi connectivity index (χ0v) is 10.3. The van der Waals surface area contributed by atoms with Crippen molar-refractivity contribution in [2.75, 3.05) is 0 Å². The Bertz CT molecular complexity index is 682. The standard InChI is InChI=1S/C10H7ClN4O4/c1-5-9(10(16)17)12-13-14(5)6-2-3-8(15(18)19)7(11)4-6/h2-4H,1H3,(H,16,17). The zero-order valence-electron chi connectivity index (χ0n) is 9.57. The summed E-state index contributed by atoms with van der Waals surface area (Å²) >= 11 is 5.78. The lowest BCUT2D eigenvalue weighted by atomic mass is 10.2. The number of nitrogens with zero attached hydrogens (tertiary/aromatic N) is 4. The normalized spacial score (nSPS) is 10.4.